The smallest absolute Gasteiger partial charge is 0.234 e. The van der Waals surface area contributed by atoms with Crippen LogP contribution in [0.25, 0.3) is 0 Å². The summed E-state index contributed by atoms with van der Waals surface area (Å²) in [6.07, 6.45) is 51.8. The quantitative estimate of drug-likeness (QED) is 0.0590. The molecule has 0 aromatic heterocycles. The largest absolute Gasteiger partial charge is 0.352 e. The second-order valence-corrected chi connectivity index (χ2v) is 13.2. The Bertz CT molecular complexity index is 657. The van der Waals surface area contributed by atoms with Gasteiger partial charge >= 0.3 is 0 Å². The predicted octanol–water partition coefficient (Wildman–Crippen LogP) is 12.4. The first kappa shape index (κ1) is 42.4. The van der Waals surface area contributed by atoms with Crippen LogP contribution in [0.2, 0.25) is 0 Å². The summed E-state index contributed by atoms with van der Waals surface area (Å²) in [6.45, 7) is 5.01. The minimum atomic E-state index is 0.181. The maximum atomic E-state index is 12.4. The molecule has 0 aliphatic rings. The molecule has 0 bridgehead atoms. The molecule has 3 nitrogen and oxygen atoms in total. The molecule has 0 aromatic carbocycles. The highest BCUT2D eigenvalue weighted by Crippen LogP contribution is 2.15. The SMILES string of the molecule is CCCCC/C=C\C/C=C\CCCCCCCCC(CCCCCCCC/C=C\C/C=C\CCCCC)NC(=O)CN(C)C. The van der Waals surface area contributed by atoms with E-state index in [-0.39, 0.29) is 5.91 Å². The third kappa shape index (κ3) is 34.9. The van der Waals surface area contributed by atoms with Gasteiger partial charge in [0.1, 0.15) is 0 Å². The van der Waals surface area contributed by atoms with Crippen molar-refractivity contribution in [2.24, 2.45) is 0 Å². The number of nitrogens with one attached hydrogen (secondary N) is 1. The van der Waals surface area contributed by atoms with E-state index in [1.807, 2.05) is 19.0 Å². The number of unbranched alkanes of at least 4 members (excludes halogenated alkanes) is 18. The maximum Gasteiger partial charge on any atom is 0.234 e. The number of carbonyl (C=O) groups is 1. The molecule has 0 saturated carbocycles. The molecule has 44 heavy (non-hydrogen) atoms. The maximum absolute atomic E-state index is 12.4. The molecule has 0 aliphatic carbocycles. The van der Waals surface area contributed by atoms with Gasteiger partial charge in [0.25, 0.3) is 0 Å². The first-order valence-corrected chi connectivity index (χ1v) is 19.1. The van der Waals surface area contributed by atoms with Crippen molar-refractivity contribution in [3.8, 4) is 0 Å². The number of allylic oxidation sites excluding steroid dienone is 8. The first-order valence-electron chi connectivity index (χ1n) is 19.1. The summed E-state index contributed by atoms with van der Waals surface area (Å²) < 4.78 is 0. The van der Waals surface area contributed by atoms with Gasteiger partial charge in [-0.1, -0.05) is 152 Å². The van der Waals surface area contributed by atoms with Gasteiger partial charge in [0.2, 0.25) is 5.91 Å². The summed E-state index contributed by atoms with van der Waals surface area (Å²) in [7, 11) is 3.94. The average Bonchev–Trinajstić information content (AvgIpc) is 3.00. The lowest BCUT2D eigenvalue weighted by atomic mass is 9.99. The van der Waals surface area contributed by atoms with Crippen LogP contribution in [0.4, 0.5) is 0 Å². The fraction of sp³-hybridized carbons (Fsp3) is 0.780. The molecule has 0 heterocycles. The van der Waals surface area contributed by atoms with Crippen molar-refractivity contribution in [1.29, 1.82) is 0 Å². The van der Waals surface area contributed by atoms with Crippen molar-refractivity contribution in [3.63, 3.8) is 0 Å². The summed E-state index contributed by atoms with van der Waals surface area (Å²) in [6, 6.07) is 0.346. The van der Waals surface area contributed by atoms with Crippen molar-refractivity contribution >= 4 is 5.91 Å². The Hall–Kier alpha value is -1.61. The van der Waals surface area contributed by atoms with Gasteiger partial charge in [0.05, 0.1) is 6.54 Å². The minimum absolute atomic E-state index is 0.181. The van der Waals surface area contributed by atoms with Gasteiger partial charge in [-0.15, -0.1) is 0 Å². The molecule has 0 aromatic rings. The number of nitrogens with zero attached hydrogens (tertiary/aromatic N) is 1. The van der Waals surface area contributed by atoms with Crippen LogP contribution in [-0.2, 0) is 4.79 Å². The van der Waals surface area contributed by atoms with Crippen LogP contribution in [0.15, 0.2) is 48.6 Å². The number of likely N-dealkylation sites (N-methyl/N-ethyl adjacent to an activating group) is 1. The van der Waals surface area contributed by atoms with Gasteiger partial charge in [0.15, 0.2) is 0 Å². The highest BCUT2D eigenvalue weighted by atomic mass is 16.2. The van der Waals surface area contributed by atoms with Crippen molar-refractivity contribution in [2.75, 3.05) is 20.6 Å². The van der Waals surface area contributed by atoms with E-state index in [1.54, 1.807) is 0 Å². The number of amides is 1. The summed E-state index contributed by atoms with van der Waals surface area (Å²) >= 11 is 0. The average molecular weight is 613 g/mol. The first-order chi connectivity index (χ1) is 21.6. The van der Waals surface area contributed by atoms with Crippen LogP contribution in [0, 0.1) is 0 Å². The van der Waals surface area contributed by atoms with E-state index < -0.39 is 0 Å². The van der Waals surface area contributed by atoms with Crippen LogP contribution >= 0.6 is 0 Å². The van der Waals surface area contributed by atoms with Crippen LogP contribution in [-0.4, -0.2) is 37.5 Å². The Morgan fingerprint density at radius 1 is 0.500 bits per heavy atom. The lowest BCUT2D eigenvalue weighted by molar-refractivity contribution is -0.122. The van der Waals surface area contributed by atoms with Gasteiger partial charge in [-0.25, -0.2) is 0 Å². The molecule has 1 amide bonds. The number of rotatable bonds is 33. The molecule has 0 fully saturated rings. The van der Waals surface area contributed by atoms with Gasteiger partial charge in [-0.3, -0.25) is 4.79 Å². The Balaban J connectivity index is 3.90. The van der Waals surface area contributed by atoms with E-state index in [4.69, 9.17) is 0 Å². The minimum Gasteiger partial charge on any atom is -0.352 e. The van der Waals surface area contributed by atoms with Gasteiger partial charge in [-0.05, 0) is 91.1 Å². The van der Waals surface area contributed by atoms with Crippen molar-refractivity contribution in [2.45, 2.75) is 187 Å². The van der Waals surface area contributed by atoms with Crippen molar-refractivity contribution < 1.29 is 4.79 Å². The fourth-order valence-electron chi connectivity index (χ4n) is 5.61. The molecule has 0 unspecified atom stereocenters. The number of hydrogen-bond acceptors (Lipinski definition) is 2. The highest BCUT2D eigenvalue weighted by Gasteiger charge is 2.12. The molecule has 0 rings (SSSR count). The molecule has 256 valence electrons. The fourth-order valence-corrected chi connectivity index (χ4v) is 5.61. The number of carbonyl (C=O) groups excluding carboxylic acids is 1. The van der Waals surface area contributed by atoms with E-state index in [9.17, 15) is 4.79 Å². The van der Waals surface area contributed by atoms with Crippen molar-refractivity contribution in [3.05, 3.63) is 48.6 Å². The molecular formula is C41H76N2O. The second-order valence-electron chi connectivity index (χ2n) is 13.2. The Labute approximate surface area is 276 Å². The molecule has 0 radical (unpaired) electrons. The lowest BCUT2D eigenvalue weighted by Gasteiger charge is -2.20. The second kappa shape index (κ2) is 35.9. The third-order valence-electron chi connectivity index (χ3n) is 8.33. The molecule has 3 heteroatoms. The zero-order chi connectivity index (χ0) is 32.2. The van der Waals surface area contributed by atoms with Crippen LogP contribution in [0.5, 0.6) is 0 Å². The van der Waals surface area contributed by atoms with Gasteiger partial charge < -0.3 is 10.2 Å². The van der Waals surface area contributed by atoms with E-state index >= 15 is 0 Å². The lowest BCUT2D eigenvalue weighted by Crippen LogP contribution is -2.40. The monoisotopic (exact) mass is 613 g/mol. The summed E-state index contributed by atoms with van der Waals surface area (Å²) in [5.41, 5.74) is 0. The Kier molecular flexibility index (Phi) is 34.6. The zero-order valence-corrected chi connectivity index (χ0v) is 30.1. The molecular weight excluding hydrogens is 536 g/mol. The molecule has 0 spiro atoms. The van der Waals surface area contributed by atoms with E-state index in [0.29, 0.717) is 12.6 Å². The summed E-state index contributed by atoms with van der Waals surface area (Å²) in [5, 5.41) is 3.35. The third-order valence-corrected chi connectivity index (χ3v) is 8.33. The molecule has 0 saturated heterocycles. The standard InChI is InChI=1S/C41H76N2O/c1-5-7-9-11-13-15-17-19-21-23-25-27-29-31-33-35-37-40(42-41(44)39-43(3)4)38-36-34-32-30-28-26-24-22-20-18-16-14-12-10-8-6-2/h13-16,19-22,40H,5-12,17-18,23-39H2,1-4H3,(H,42,44)/b15-13-,16-14-,21-19-,22-20-. The highest BCUT2D eigenvalue weighted by molar-refractivity contribution is 5.78. The predicted molar refractivity (Wildman–Crippen MR) is 198 cm³/mol. The number of hydrogen-bond donors (Lipinski definition) is 1. The summed E-state index contributed by atoms with van der Waals surface area (Å²) in [4.78, 5) is 14.4. The van der Waals surface area contributed by atoms with E-state index in [2.05, 4.69) is 67.8 Å². The summed E-state index contributed by atoms with van der Waals surface area (Å²) in [5.74, 6) is 0.181. The van der Waals surface area contributed by atoms with E-state index in [1.165, 1.54) is 141 Å². The van der Waals surface area contributed by atoms with Gasteiger partial charge in [0, 0.05) is 6.04 Å². The van der Waals surface area contributed by atoms with Crippen molar-refractivity contribution in [1.82, 2.24) is 10.2 Å². The topological polar surface area (TPSA) is 32.3 Å². The van der Waals surface area contributed by atoms with Crippen LogP contribution in [0.1, 0.15) is 181 Å². The van der Waals surface area contributed by atoms with Crippen LogP contribution in [0.3, 0.4) is 0 Å². The zero-order valence-electron chi connectivity index (χ0n) is 30.1. The van der Waals surface area contributed by atoms with E-state index in [0.717, 1.165) is 25.7 Å². The Morgan fingerprint density at radius 2 is 0.841 bits per heavy atom. The van der Waals surface area contributed by atoms with Crippen LogP contribution < -0.4 is 5.32 Å². The normalized spacial score (nSPS) is 12.4. The van der Waals surface area contributed by atoms with Gasteiger partial charge in [-0.2, -0.15) is 0 Å². The Morgan fingerprint density at radius 3 is 1.20 bits per heavy atom. The molecule has 1 N–H and O–H groups in total. The molecule has 0 atom stereocenters. The molecule has 0 aliphatic heterocycles.